The number of benzene rings is 1. The summed E-state index contributed by atoms with van der Waals surface area (Å²) in [5.41, 5.74) is 0.0401. The van der Waals surface area contributed by atoms with Gasteiger partial charge in [-0.05, 0) is 51.8 Å². The fraction of sp³-hybridized carbons (Fsp3) is 0.611. The molecule has 0 bridgehead atoms. The summed E-state index contributed by atoms with van der Waals surface area (Å²) in [6, 6.07) is 6.28. The van der Waals surface area contributed by atoms with Gasteiger partial charge in [0.05, 0.1) is 6.04 Å². The lowest BCUT2D eigenvalue weighted by atomic mass is 9.86. The van der Waals surface area contributed by atoms with Crippen LogP contribution in [0.15, 0.2) is 24.3 Å². The average Bonchev–Trinajstić information content (AvgIpc) is 3.10. The van der Waals surface area contributed by atoms with Crippen LogP contribution in [0.25, 0.3) is 0 Å². The fourth-order valence-electron chi connectivity index (χ4n) is 3.78. The summed E-state index contributed by atoms with van der Waals surface area (Å²) in [5.74, 6) is -0.263. The first-order chi connectivity index (χ1) is 11.1. The van der Waals surface area contributed by atoms with Crippen molar-refractivity contribution in [2.45, 2.75) is 44.2 Å². The van der Waals surface area contributed by atoms with E-state index < -0.39 is 5.54 Å². The van der Waals surface area contributed by atoms with Crippen LogP contribution in [0.3, 0.4) is 0 Å². The molecule has 0 aromatic heterocycles. The molecule has 2 aliphatic rings. The van der Waals surface area contributed by atoms with Crippen LogP contribution in [0.5, 0.6) is 0 Å². The summed E-state index contributed by atoms with van der Waals surface area (Å²) in [6.45, 7) is 4.98. The molecule has 126 valence electrons. The number of rotatable bonds is 4. The third-order valence-corrected chi connectivity index (χ3v) is 5.17. The molecule has 1 aromatic rings. The van der Waals surface area contributed by atoms with Gasteiger partial charge in [0.1, 0.15) is 11.4 Å². The van der Waals surface area contributed by atoms with Crippen LogP contribution >= 0.6 is 0 Å². The van der Waals surface area contributed by atoms with Gasteiger partial charge in [-0.2, -0.15) is 0 Å². The van der Waals surface area contributed by atoms with Crippen molar-refractivity contribution in [1.82, 2.24) is 10.2 Å². The molecule has 1 atom stereocenters. The Bertz CT molecular complexity index is 552. The molecule has 3 rings (SSSR count). The van der Waals surface area contributed by atoms with Gasteiger partial charge in [-0.3, -0.25) is 9.69 Å². The Hall–Kier alpha value is -1.46. The predicted molar refractivity (Wildman–Crippen MR) is 86.5 cm³/mol. The highest BCUT2D eigenvalue weighted by molar-refractivity contribution is 5.87. The molecule has 1 N–H and O–H groups in total. The van der Waals surface area contributed by atoms with E-state index >= 15 is 0 Å². The SMILES string of the molecule is CC(NC(=O)C1(N2CCCC2)CCOCC1)c1ccccc1F. The summed E-state index contributed by atoms with van der Waals surface area (Å²) in [5, 5.41) is 3.05. The molecular weight excluding hydrogens is 295 g/mol. The van der Waals surface area contributed by atoms with Crippen LogP contribution in [0.1, 0.15) is 44.2 Å². The first-order valence-corrected chi connectivity index (χ1v) is 8.52. The van der Waals surface area contributed by atoms with Gasteiger partial charge in [-0.1, -0.05) is 18.2 Å². The van der Waals surface area contributed by atoms with E-state index in [0.717, 1.165) is 25.9 Å². The predicted octanol–water partition coefficient (Wildman–Crippen LogP) is 2.65. The lowest BCUT2D eigenvalue weighted by Crippen LogP contribution is -2.60. The molecule has 2 heterocycles. The van der Waals surface area contributed by atoms with Crippen molar-refractivity contribution in [1.29, 1.82) is 0 Å². The molecule has 0 aliphatic carbocycles. The Morgan fingerprint density at radius 2 is 1.91 bits per heavy atom. The van der Waals surface area contributed by atoms with E-state index in [1.54, 1.807) is 18.2 Å². The number of hydrogen-bond donors (Lipinski definition) is 1. The molecule has 5 heteroatoms. The average molecular weight is 320 g/mol. The van der Waals surface area contributed by atoms with Gasteiger partial charge in [0.2, 0.25) is 5.91 Å². The Morgan fingerprint density at radius 3 is 2.57 bits per heavy atom. The first-order valence-electron chi connectivity index (χ1n) is 8.52. The van der Waals surface area contributed by atoms with Crippen molar-refractivity contribution >= 4 is 5.91 Å². The maximum atomic E-state index is 13.9. The van der Waals surface area contributed by atoms with Crippen LogP contribution in [-0.2, 0) is 9.53 Å². The highest BCUT2D eigenvalue weighted by Gasteiger charge is 2.46. The molecule has 2 fully saturated rings. The molecule has 1 aromatic carbocycles. The molecule has 1 unspecified atom stereocenters. The number of likely N-dealkylation sites (tertiary alicyclic amines) is 1. The fourth-order valence-corrected chi connectivity index (χ4v) is 3.78. The van der Waals surface area contributed by atoms with Gasteiger partial charge in [-0.15, -0.1) is 0 Å². The zero-order valence-corrected chi connectivity index (χ0v) is 13.7. The zero-order valence-electron chi connectivity index (χ0n) is 13.7. The quantitative estimate of drug-likeness (QED) is 0.927. The largest absolute Gasteiger partial charge is 0.381 e. The summed E-state index contributed by atoms with van der Waals surface area (Å²) in [6.07, 6.45) is 3.70. The van der Waals surface area contributed by atoms with Gasteiger partial charge in [0.15, 0.2) is 0 Å². The maximum absolute atomic E-state index is 13.9. The van der Waals surface area contributed by atoms with E-state index in [9.17, 15) is 9.18 Å². The van der Waals surface area contributed by atoms with Crippen molar-refractivity contribution in [3.05, 3.63) is 35.6 Å². The number of carbonyl (C=O) groups is 1. The van der Waals surface area contributed by atoms with Crippen LogP contribution in [-0.4, -0.2) is 42.6 Å². The van der Waals surface area contributed by atoms with Gasteiger partial charge in [0.25, 0.3) is 0 Å². The number of amides is 1. The molecule has 2 aliphatic heterocycles. The van der Waals surface area contributed by atoms with Gasteiger partial charge < -0.3 is 10.1 Å². The Labute approximate surface area is 137 Å². The summed E-state index contributed by atoms with van der Waals surface area (Å²) >= 11 is 0. The van der Waals surface area contributed by atoms with Crippen molar-refractivity contribution in [2.75, 3.05) is 26.3 Å². The second kappa shape index (κ2) is 6.97. The molecule has 1 amide bonds. The molecule has 4 nitrogen and oxygen atoms in total. The highest BCUT2D eigenvalue weighted by Crippen LogP contribution is 2.32. The number of ether oxygens (including phenoxy) is 1. The summed E-state index contributed by atoms with van der Waals surface area (Å²) < 4.78 is 19.4. The first kappa shape index (κ1) is 16.4. The number of nitrogens with one attached hydrogen (secondary N) is 1. The lowest BCUT2D eigenvalue weighted by Gasteiger charge is -2.43. The monoisotopic (exact) mass is 320 g/mol. The summed E-state index contributed by atoms with van der Waals surface area (Å²) in [7, 11) is 0. The Balaban J connectivity index is 1.77. The standard InChI is InChI=1S/C18H25FN2O2/c1-14(15-6-2-3-7-16(15)19)20-17(22)18(8-12-23-13-9-18)21-10-4-5-11-21/h2-3,6-7,14H,4-5,8-13H2,1H3,(H,20,22). The maximum Gasteiger partial charge on any atom is 0.241 e. The normalized spacial score (nSPS) is 22.7. The van der Waals surface area contributed by atoms with E-state index in [1.165, 1.54) is 6.07 Å². The van der Waals surface area contributed by atoms with E-state index in [-0.39, 0.29) is 17.8 Å². The van der Waals surface area contributed by atoms with E-state index in [1.807, 2.05) is 6.92 Å². The molecule has 23 heavy (non-hydrogen) atoms. The second-order valence-corrected chi connectivity index (χ2v) is 6.55. The van der Waals surface area contributed by atoms with E-state index in [0.29, 0.717) is 31.6 Å². The smallest absolute Gasteiger partial charge is 0.241 e. The number of halogens is 1. The topological polar surface area (TPSA) is 41.6 Å². The summed E-state index contributed by atoms with van der Waals surface area (Å²) in [4.78, 5) is 15.4. The molecule has 0 radical (unpaired) electrons. The lowest BCUT2D eigenvalue weighted by molar-refractivity contribution is -0.140. The van der Waals surface area contributed by atoms with Crippen LogP contribution in [0, 0.1) is 5.82 Å². The highest BCUT2D eigenvalue weighted by atomic mass is 19.1. The number of hydrogen-bond acceptors (Lipinski definition) is 3. The van der Waals surface area contributed by atoms with Crippen LogP contribution in [0.2, 0.25) is 0 Å². The second-order valence-electron chi connectivity index (χ2n) is 6.55. The van der Waals surface area contributed by atoms with Crippen molar-refractivity contribution < 1.29 is 13.9 Å². The zero-order chi connectivity index (χ0) is 16.3. The Morgan fingerprint density at radius 1 is 1.26 bits per heavy atom. The van der Waals surface area contributed by atoms with Gasteiger partial charge >= 0.3 is 0 Å². The van der Waals surface area contributed by atoms with Crippen LogP contribution in [0.4, 0.5) is 4.39 Å². The minimum atomic E-state index is -0.492. The van der Waals surface area contributed by atoms with Gasteiger partial charge in [-0.25, -0.2) is 4.39 Å². The van der Waals surface area contributed by atoms with Crippen LogP contribution < -0.4 is 5.32 Å². The van der Waals surface area contributed by atoms with Gasteiger partial charge in [0, 0.05) is 18.8 Å². The third kappa shape index (κ3) is 3.26. The van der Waals surface area contributed by atoms with Crippen molar-refractivity contribution in [3.8, 4) is 0 Å². The molecule has 2 saturated heterocycles. The van der Waals surface area contributed by atoms with Crippen molar-refractivity contribution in [3.63, 3.8) is 0 Å². The van der Waals surface area contributed by atoms with Crippen molar-refractivity contribution in [2.24, 2.45) is 0 Å². The molecule has 0 saturated carbocycles. The van der Waals surface area contributed by atoms with E-state index in [4.69, 9.17) is 4.74 Å². The number of nitrogens with zero attached hydrogens (tertiary/aromatic N) is 1. The third-order valence-electron chi connectivity index (χ3n) is 5.17. The van der Waals surface area contributed by atoms with E-state index in [2.05, 4.69) is 10.2 Å². The minimum absolute atomic E-state index is 0.0125. The number of carbonyl (C=O) groups excluding carboxylic acids is 1. The minimum Gasteiger partial charge on any atom is -0.381 e. The Kier molecular flexibility index (Phi) is 4.97. The molecule has 0 spiro atoms. The molecular formula is C18H25FN2O2.